The van der Waals surface area contributed by atoms with E-state index in [-0.39, 0.29) is 28.2 Å². The second-order valence-corrected chi connectivity index (χ2v) is 6.11. The number of methoxy groups -OCH3 is 1. The SMILES string of the molecule is COC(=O)C1CCC(Oc2ccc(Br)c(C(F)(F)F)c2)CC1. The molecule has 3 nitrogen and oxygen atoms in total. The van der Waals surface area contributed by atoms with Crippen molar-refractivity contribution in [1.82, 2.24) is 0 Å². The lowest BCUT2D eigenvalue weighted by Crippen LogP contribution is -2.28. The third-order valence-corrected chi connectivity index (χ3v) is 4.45. The number of carbonyl (C=O) groups excluding carboxylic acids is 1. The van der Waals surface area contributed by atoms with Crippen molar-refractivity contribution in [2.75, 3.05) is 7.11 Å². The van der Waals surface area contributed by atoms with Crippen LogP contribution < -0.4 is 4.74 Å². The van der Waals surface area contributed by atoms with Crippen LogP contribution in [0.2, 0.25) is 0 Å². The molecule has 1 saturated carbocycles. The molecule has 1 aromatic rings. The van der Waals surface area contributed by atoms with E-state index in [1.54, 1.807) is 0 Å². The van der Waals surface area contributed by atoms with Gasteiger partial charge in [0.15, 0.2) is 0 Å². The molecule has 2 rings (SSSR count). The first-order chi connectivity index (χ1) is 10.3. The number of esters is 1. The number of hydrogen-bond acceptors (Lipinski definition) is 3. The number of alkyl halides is 3. The van der Waals surface area contributed by atoms with E-state index in [0.29, 0.717) is 25.7 Å². The zero-order chi connectivity index (χ0) is 16.3. The van der Waals surface area contributed by atoms with Gasteiger partial charge < -0.3 is 9.47 Å². The first-order valence-corrected chi connectivity index (χ1v) is 7.71. The largest absolute Gasteiger partial charge is 0.490 e. The number of hydrogen-bond donors (Lipinski definition) is 0. The zero-order valence-corrected chi connectivity index (χ0v) is 13.5. The molecule has 1 aliphatic carbocycles. The molecule has 1 aliphatic rings. The fraction of sp³-hybridized carbons (Fsp3) is 0.533. The van der Waals surface area contributed by atoms with Gasteiger partial charge in [-0.05, 0) is 43.9 Å². The van der Waals surface area contributed by atoms with Gasteiger partial charge in [-0.3, -0.25) is 4.79 Å². The fourth-order valence-corrected chi connectivity index (χ4v) is 3.04. The van der Waals surface area contributed by atoms with Crippen molar-refractivity contribution in [1.29, 1.82) is 0 Å². The van der Waals surface area contributed by atoms with E-state index < -0.39 is 11.7 Å². The second kappa shape index (κ2) is 6.89. The van der Waals surface area contributed by atoms with E-state index in [1.165, 1.54) is 19.2 Å². The Kier molecular flexibility index (Phi) is 5.36. The molecule has 0 atom stereocenters. The van der Waals surface area contributed by atoms with Crippen LogP contribution in [0.25, 0.3) is 0 Å². The van der Waals surface area contributed by atoms with E-state index in [9.17, 15) is 18.0 Å². The molecule has 0 amide bonds. The summed E-state index contributed by atoms with van der Waals surface area (Å²) in [6.45, 7) is 0. The first kappa shape index (κ1) is 17.1. The number of rotatable bonds is 3. The Hall–Kier alpha value is -1.24. The predicted molar refractivity (Wildman–Crippen MR) is 77.5 cm³/mol. The lowest BCUT2D eigenvalue weighted by atomic mass is 9.87. The minimum absolute atomic E-state index is 0.0123. The molecule has 122 valence electrons. The maximum atomic E-state index is 12.8. The molecule has 0 aliphatic heterocycles. The first-order valence-electron chi connectivity index (χ1n) is 6.92. The summed E-state index contributed by atoms with van der Waals surface area (Å²) in [5.41, 5.74) is -0.756. The summed E-state index contributed by atoms with van der Waals surface area (Å²) in [6.07, 6.45) is -2.11. The van der Waals surface area contributed by atoms with Gasteiger partial charge in [-0.1, -0.05) is 15.9 Å². The van der Waals surface area contributed by atoms with Crippen LogP contribution in [0.3, 0.4) is 0 Å². The van der Waals surface area contributed by atoms with Crippen LogP contribution in [0.4, 0.5) is 13.2 Å². The topological polar surface area (TPSA) is 35.5 Å². The molecule has 1 fully saturated rings. The molecule has 22 heavy (non-hydrogen) atoms. The van der Waals surface area contributed by atoms with Crippen LogP contribution in [0, 0.1) is 5.92 Å². The molecule has 0 bridgehead atoms. The molecule has 0 N–H and O–H groups in total. The standard InChI is InChI=1S/C15H16BrF3O3/c1-21-14(20)9-2-4-10(5-3-9)22-11-6-7-13(16)12(8-11)15(17,18)19/h6-10H,2-5H2,1H3. The van der Waals surface area contributed by atoms with E-state index >= 15 is 0 Å². The molecule has 1 aromatic carbocycles. The van der Waals surface area contributed by atoms with Gasteiger partial charge in [0.2, 0.25) is 0 Å². The van der Waals surface area contributed by atoms with Gasteiger partial charge >= 0.3 is 12.1 Å². The molecule has 7 heteroatoms. The highest BCUT2D eigenvalue weighted by Gasteiger charge is 2.34. The van der Waals surface area contributed by atoms with E-state index in [2.05, 4.69) is 15.9 Å². The van der Waals surface area contributed by atoms with Gasteiger partial charge in [0, 0.05) is 4.47 Å². The highest BCUT2D eigenvalue weighted by Crippen LogP contribution is 2.37. The van der Waals surface area contributed by atoms with Crippen molar-refractivity contribution in [3.63, 3.8) is 0 Å². The van der Waals surface area contributed by atoms with Crippen molar-refractivity contribution in [2.45, 2.75) is 38.0 Å². The van der Waals surface area contributed by atoms with Crippen molar-refractivity contribution in [3.05, 3.63) is 28.2 Å². The molecule has 0 saturated heterocycles. The van der Waals surface area contributed by atoms with Crippen LogP contribution >= 0.6 is 15.9 Å². The average Bonchev–Trinajstić information content (AvgIpc) is 2.48. The van der Waals surface area contributed by atoms with Gasteiger partial charge in [0.05, 0.1) is 24.7 Å². The molecule has 0 aromatic heterocycles. The monoisotopic (exact) mass is 380 g/mol. The van der Waals surface area contributed by atoms with Gasteiger partial charge in [0.25, 0.3) is 0 Å². The lowest BCUT2D eigenvalue weighted by Gasteiger charge is -2.27. The molecular weight excluding hydrogens is 365 g/mol. The predicted octanol–water partition coefficient (Wildman–Crippen LogP) is 4.58. The quantitative estimate of drug-likeness (QED) is 0.720. The summed E-state index contributed by atoms with van der Waals surface area (Å²) in [6, 6.07) is 3.83. The Balaban J connectivity index is 1.99. The number of benzene rings is 1. The van der Waals surface area contributed by atoms with Crippen LogP contribution in [-0.2, 0) is 15.7 Å². The summed E-state index contributed by atoms with van der Waals surface area (Å²) < 4.78 is 48.9. The molecule has 0 heterocycles. The second-order valence-electron chi connectivity index (χ2n) is 5.25. The highest BCUT2D eigenvalue weighted by atomic mass is 79.9. The maximum Gasteiger partial charge on any atom is 0.417 e. The van der Waals surface area contributed by atoms with Crippen molar-refractivity contribution in [2.24, 2.45) is 5.92 Å². The molecule has 0 spiro atoms. The van der Waals surface area contributed by atoms with Crippen LogP contribution in [0.15, 0.2) is 22.7 Å². The third kappa shape index (κ3) is 4.15. The smallest absolute Gasteiger partial charge is 0.417 e. The Morgan fingerprint density at radius 3 is 2.41 bits per heavy atom. The minimum atomic E-state index is -4.43. The summed E-state index contributed by atoms with van der Waals surface area (Å²) in [5, 5.41) is 0. The Bertz CT molecular complexity index is 537. The van der Waals surface area contributed by atoms with Gasteiger partial charge in [-0.2, -0.15) is 13.2 Å². The van der Waals surface area contributed by atoms with E-state index in [4.69, 9.17) is 9.47 Å². The van der Waals surface area contributed by atoms with E-state index in [0.717, 1.165) is 6.07 Å². The lowest BCUT2D eigenvalue weighted by molar-refractivity contribution is -0.147. The van der Waals surface area contributed by atoms with Gasteiger partial charge in [-0.25, -0.2) is 0 Å². The molecule has 0 unspecified atom stereocenters. The zero-order valence-electron chi connectivity index (χ0n) is 12.0. The Morgan fingerprint density at radius 2 is 1.86 bits per heavy atom. The summed E-state index contributed by atoms with van der Waals surface area (Å²) >= 11 is 2.90. The van der Waals surface area contributed by atoms with Crippen molar-refractivity contribution < 1.29 is 27.4 Å². The fourth-order valence-electron chi connectivity index (χ4n) is 2.57. The average molecular weight is 381 g/mol. The maximum absolute atomic E-state index is 12.8. The number of ether oxygens (including phenoxy) is 2. The normalized spacial score (nSPS) is 22.2. The highest BCUT2D eigenvalue weighted by molar-refractivity contribution is 9.10. The summed E-state index contributed by atoms with van der Waals surface area (Å²) in [5.74, 6) is -0.181. The van der Waals surface area contributed by atoms with Crippen LogP contribution in [-0.4, -0.2) is 19.2 Å². The summed E-state index contributed by atoms with van der Waals surface area (Å²) in [4.78, 5) is 11.4. The van der Waals surface area contributed by atoms with Gasteiger partial charge in [-0.15, -0.1) is 0 Å². The van der Waals surface area contributed by atoms with E-state index in [1.807, 2.05) is 0 Å². The van der Waals surface area contributed by atoms with Crippen LogP contribution in [0.1, 0.15) is 31.2 Å². The number of carbonyl (C=O) groups is 1. The number of halogens is 4. The van der Waals surface area contributed by atoms with Crippen molar-refractivity contribution >= 4 is 21.9 Å². The van der Waals surface area contributed by atoms with Crippen molar-refractivity contribution in [3.8, 4) is 5.75 Å². The Labute approximate surface area is 134 Å². The Morgan fingerprint density at radius 1 is 1.23 bits per heavy atom. The van der Waals surface area contributed by atoms with Gasteiger partial charge in [0.1, 0.15) is 5.75 Å². The molecular formula is C15H16BrF3O3. The summed E-state index contributed by atoms with van der Waals surface area (Å²) in [7, 11) is 1.35. The molecule has 0 radical (unpaired) electrons. The van der Waals surface area contributed by atoms with Crippen LogP contribution in [0.5, 0.6) is 5.75 Å². The minimum Gasteiger partial charge on any atom is -0.490 e. The third-order valence-electron chi connectivity index (χ3n) is 3.75.